The molecule has 2 aromatic carbocycles. The summed E-state index contributed by atoms with van der Waals surface area (Å²) in [6.07, 6.45) is 0.757. The summed E-state index contributed by atoms with van der Waals surface area (Å²) in [5.74, 6) is 0.383. The molecule has 0 fully saturated rings. The molecule has 3 aromatic rings. The lowest BCUT2D eigenvalue weighted by atomic mass is 10.1. The van der Waals surface area contributed by atoms with E-state index in [4.69, 9.17) is 9.47 Å². The molecule has 7 heteroatoms. The van der Waals surface area contributed by atoms with Crippen molar-refractivity contribution in [2.75, 3.05) is 25.6 Å². The fourth-order valence-corrected chi connectivity index (χ4v) is 3.96. The fourth-order valence-electron chi connectivity index (χ4n) is 2.91. The second kappa shape index (κ2) is 10.1. The van der Waals surface area contributed by atoms with Crippen molar-refractivity contribution in [3.05, 3.63) is 59.0 Å². The minimum atomic E-state index is -0.428. The van der Waals surface area contributed by atoms with Crippen molar-refractivity contribution >= 4 is 39.1 Å². The summed E-state index contributed by atoms with van der Waals surface area (Å²) in [6, 6.07) is 15.2. The minimum Gasteiger partial charge on any atom is -0.491 e. The number of thiophene rings is 1. The average molecular weight is 427 g/mol. The molecule has 0 atom stereocenters. The molecule has 0 saturated heterocycles. The lowest BCUT2D eigenvalue weighted by Gasteiger charge is -2.11. The quantitative estimate of drug-likeness (QED) is 0.492. The molecule has 3 rings (SSSR count). The second-order valence-corrected chi connectivity index (χ2v) is 8.34. The number of urea groups is 1. The van der Waals surface area contributed by atoms with Crippen LogP contribution in [0.15, 0.2) is 48.5 Å². The summed E-state index contributed by atoms with van der Waals surface area (Å²) < 4.78 is 11.7. The van der Waals surface area contributed by atoms with Crippen LogP contribution in [-0.4, -0.2) is 32.3 Å². The van der Waals surface area contributed by atoms with Gasteiger partial charge in [0.15, 0.2) is 10.6 Å². The monoisotopic (exact) mass is 426 g/mol. The Morgan fingerprint density at radius 1 is 1.10 bits per heavy atom. The molecule has 0 aliphatic carbocycles. The summed E-state index contributed by atoms with van der Waals surface area (Å²) in [6.45, 7) is 5.09. The molecule has 0 aliphatic rings. The van der Waals surface area contributed by atoms with E-state index in [0.717, 1.165) is 16.5 Å². The Kier molecular flexibility index (Phi) is 7.30. The third-order valence-electron chi connectivity index (χ3n) is 4.37. The zero-order valence-electron chi connectivity index (χ0n) is 17.4. The Morgan fingerprint density at radius 3 is 2.57 bits per heavy atom. The minimum absolute atomic E-state index is 0.279. The SMILES string of the molecule is COC(=O)c1sc2ccc(NC(=O)NCCc3ccccc3)cc2c1OCC(C)C. The van der Waals surface area contributed by atoms with Gasteiger partial charge in [0.1, 0.15) is 0 Å². The first kappa shape index (κ1) is 21.6. The van der Waals surface area contributed by atoms with Gasteiger partial charge in [0.2, 0.25) is 0 Å². The van der Waals surface area contributed by atoms with Gasteiger partial charge in [0.25, 0.3) is 0 Å². The molecule has 2 amide bonds. The molecule has 6 nitrogen and oxygen atoms in total. The predicted octanol–water partition coefficient (Wildman–Crippen LogP) is 5.09. The maximum atomic E-state index is 12.3. The number of anilines is 1. The highest BCUT2D eigenvalue weighted by Gasteiger charge is 2.21. The maximum Gasteiger partial charge on any atom is 0.351 e. The number of benzene rings is 2. The van der Waals surface area contributed by atoms with Crippen LogP contribution in [-0.2, 0) is 11.2 Å². The Hall–Kier alpha value is -3.06. The standard InChI is InChI=1S/C23H26N2O4S/c1-15(2)14-29-20-18-13-17(9-10-19(18)30-21(20)22(26)28-3)25-23(27)24-12-11-16-7-5-4-6-8-16/h4-10,13,15H,11-12,14H2,1-3H3,(H2,24,25,27). The van der Waals surface area contributed by atoms with Crippen molar-refractivity contribution < 1.29 is 19.1 Å². The number of esters is 1. The highest BCUT2D eigenvalue weighted by molar-refractivity contribution is 7.21. The van der Waals surface area contributed by atoms with Crippen LogP contribution in [0.2, 0.25) is 0 Å². The number of rotatable bonds is 8. The molecule has 1 heterocycles. The highest BCUT2D eigenvalue weighted by atomic mass is 32.1. The number of carbonyl (C=O) groups excluding carboxylic acids is 2. The third kappa shape index (κ3) is 5.51. The largest absolute Gasteiger partial charge is 0.491 e. The van der Waals surface area contributed by atoms with E-state index in [1.807, 2.05) is 62.4 Å². The van der Waals surface area contributed by atoms with E-state index >= 15 is 0 Å². The van der Waals surface area contributed by atoms with Gasteiger partial charge in [0, 0.05) is 22.3 Å². The van der Waals surface area contributed by atoms with E-state index in [2.05, 4.69) is 10.6 Å². The van der Waals surface area contributed by atoms with E-state index in [0.29, 0.717) is 35.4 Å². The van der Waals surface area contributed by atoms with Crippen LogP contribution in [0.1, 0.15) is 29.1 Å². The van der Waals surface area contributed by atoms with Crippen molar-refractivity contribution in [3.63, 3.8) is 0 Å². The first-order valence-electron chi connectivity index (χ1n) is 9.84. The molecular formula is C23H26N2O4S. The molecule has 0 saturated carbocycles. The van der Waals surface area contributed by atoms with E-state index in [1.54, 1.807) is 0 Å². The summed E-state index contributed by atoms with van der Waals surface area (Å²) in [4.78, 5) is 24.9. The smallest absolute Gasteiger partial charge is 0.351 e. The van der Waals surface area contributed by atoms with E-state index < -0.39 is 5.97 Å². The molecule has 2 N–H and O–H groups in total. The van der Waals surface area contributed by atoms with Crippen molar-refractivity contribution in [3.8, 4) is 5.75 Å². The first-order chi connectivity index (χ1) is 14.5. The van der Waals surface area contributed by atoms with Crippen LogP contribution < -0.4 is 15.4 Å². The molecule has 0 spiro atoms. The van der Waals surface area contributed by atoms with Gasteiger partial charge in [-0.25, -0.2) is 9.59 Å². The van der Waals surface area contributed by atoms with Gasteiger partial charge in [-0.05, 0) is 36.1 Å². The van der Waals surface area contributed by atoms with E-state index in [9.17, 15) is 9.59 Å². The van der Waals surface area contributed by atoms with Gasteiger partial charge in [0.05, 0.1) is 13.7 Å². The van der Waals surface area contributed by atoms with Crippen LogP contribution in [0.4, 0.5) is 10.5 Å². The van der Waals surface area contributed by atoms with Crippen LogP contribution in [0.3, 0.4) is 0 Å². The van der Waals surface area contributed by atoms with Crippen LogP contribution >= 0.6 is 11.3 Å². The van der Waals surface area contributed by atoms with Crippen LogP contribution in [0.5, 0.6) is 5.75 Å². The number of hydrogen-bond donors (Lipinski definition) is 2. The first-order valence-corrected chi connectivity index (χ1v) is 10.7. The van der Waals surface area contributed by atoms with Gasteiger partial charge < -0.3 is 20.1 Å². The molecule has 158 valence electrons. The highest BCUT2D eigenvalue weighted by Crippen LogP contribution is 2.39. The molecule has 0 radical (unpaired) electrons. The van der Waals surface area contributed by atoms with Gasteiger partial charge >= 0.3 is 12.0 Å². The number of hydrogen-bond acceptors (Lipinski definition) is 5. The molecule has 30 heavy (non-hydrogen) atoms. The van der Waals surface area contributed by atoms with Gasteiger partial charge in [-0.15, -0.1) is 11.3 Å². The zero-order valence-corrected chi connectivity index (χ0v) is 18.2. The average Bonchev–Trinajstić information content (AvgIpc) is 3.10. The van der Waals surface area contributed by atoms with Crippen molar-refractivity contribution in [1.29, 1.82) is 0 Å². The predicted molar refractivity (Wildman–Crippen MR) is 121 cm³/mol. The lowest BCUT2D eigenvalue weighted by Crippen LogP contribution is -2.30. The number of amides is 2. The number of methoxy groups -OCH3 is 1. The van der Waals surface area contributed by atoms with Crippen LogP contribution in [0, 0.1) is 5.92 Å². The van der Waals surface area contributed by atoms with Gasteiger partial charge in [-0.3, -0.25) is 0 Å². The summed E-state index contributed by atoms with van der Waals surface area (Å²) in [5.41, 5.74) is 1.79. The number of fused-ring (bicyclic) bond motifs is 1. The van der Waals surface area contributed by atoms with Crippen LogP contribution in [0.25, 0.3) is 10.1 Å². The normalized spacial score (nSPS) is 10.8. The number of nitrogens with one attached hydrogen (secondary N) is 2. The molecule has 1 aromatic heterocycles. The molecule has 0 unspecified atom stereocenters. The maximum absolute atomic E-state index is 12.3. The Balaban J connectivity index is 1.72. The zero-order chi connectivity index (χ0) is 21.5. The van der Waals surface area contributed by atoms with Crippen molar-refractivity contribution in [2.45, 2.75) is 20.3 Å². The van der Waals surface area contributed by atoms with Gasteiger partial charge in [-0.1, -0.05) is 44.2 Å². The third-order valence-corrected chi connectivity index (χ3v) is 5.51. The van der Waals surface area contributed by atoms with Crippen molar-refractivity contribution in [1.82, 2.24) is 5.32 Å². The Morgan fingerprint density at radius 2 is 1.87 bits per heavy atom. The summed E-state index contributed by atoms with van der Waals surface area (Å²) >= 11 is 1.32. The Labute approximate surface area is 180 Å². The summed E-state index contributed by atoms with van der Waals surface area (Å²) in [7, 11) is 1.35. The fraction of sp³-hybridized carbons (Fsp3) is 0.304. The van der Waals surface area contributed by atoms with E-state index in [1.165, 1.54) is 24.0 Å². The second-order valence-electron chi connectivity index (χ2n) is 7.28. The summed E-state index contributed by atoms with van der Waals surface area (Å²) in [5, 5.41) is 6.49. The molecule has 0 bridgehead atoms. The number of carbonyl (C=O) groups is 2. The van der Waals surface area contributed by atoms with Gasteiger partial charge in [-0.2, -0.15) is 0 Å². The Bertz CT molecular complexity index is 1010. The van der Waals surface area contributed by atoms with Crippen molar-refractivity contribution in [2.24, 2.45) is 5.92 Å². The topological polar surface area (TPSA) is 76.7 Å². The molecular weight excluding hydrogens is 400 g/mol. The lowest BCUT2D eigenvalue weighted by molar-refractivity contribution is 0.0601. The van der Waals surface area contributed by atoms with E-state index in [-0.39, 0.29) is 6.03 Å². The number of ether oxygens (including phenoxy) is 2. The molecule has 0 aliphatic heterocycles.